The van der Waals surface area contributed by atoms with Crippen LogP contribution < -0.4 is 11.1 Å². The fraction of sp³-hybridized carbons (Fsp3) is 0.421. The molecule has 0 bridgehead atoms. The van der Waals surface area contributed by atoms with E-state index in [1.807, 2.05) is 45.0 Å². The fourth-order valence-electron chi connectivity index (χ4n) is 2.63. The highest BCUT2D eigenvalue weighted by Gasteiger charge is 2.34. The van der Waals surface area contributed by atoms with Crippen molar-refractivity contribution in [3.8, 4) is 0 Å². The average molecular weight is 359 g/mol. The van der Waals surface area contributed by atoms with Gasteiger partial charge in [0.25, 0.3) is 5.91 Å². The molecule has 0 aliphatic rings. The van der Waals surface area contributed by atoms with Crippen molar-refractivity contribution in [1.29, 1.82) is 0 Å². The van der Waals surface area contributed by atoms with Crippen LogP contribution in [0.3, 0.4) is 0 Å². The number of fused-ring (bicyclic) bond motifs is 1. The van der Waals surface area contributed by atoms with Crippen LogP contribution in [-0.4, -0.2) is 35.4 Å². The number of nitrogens with two attached hydrogens (primary N) is 1. The maximum atomic E-state index is 12.4. The van der Waals surface area contributed by atoms with Crippen molar-refractivity contribution >= 4 is 28.7 Å². The van der Waals surface area contributed by atoms with Crippen molar-refractivity contribution in [3.05, 3.63) is 36.0 Å². The molecule has 0 saturated heterocycles. The normalized spacial score (nSPS) is 12.6. The van der Waals surface area contributed by atoms with Gasteiger partial charge in [-0.25, -0.2) is 0 Å². The minimum absolute atomic E-state index is 0.0336. The Morgan fingerprint density at radius 1 is 1.23 bits per heavy atom. The smallest absolute Gasteiger partial charge is 0.311 e. The first-order chi connectivity index (χ1) is 12.2. The molecule has 2 aromatic rings. The van der Waals surface area contributed by atoms with Crippen molar-refractivity contribution in [2.45, 2.75) is 39.7 Å². The van der Waals surface area contributed by atoms with Crippen LogP contribution in [-0.2, 0) is 25.5 Å². The number of nitrogens with one attached hydrogen (secondary N) is 2. The highest BCUT2D eigenvalue weighted by Crippen LogP contribution is 2.24. The SMILES string of the molecule is CC(C)(C)[C@@H](OC(=O)Cc1c[nH]c2ccccc12)C(=O)NCCC(N)=O. The number of aromatic amines is 1. The summed E-state index contributed by atoms with van der Waals surface area (Å²) in [6.07, 6.45) is 0.898. The molecule has 140 valence electrons. The molecule has 2 amide bonds. The van der Waals surface area contributed by atoms with Gasteiger partial charge in [-0.2, -0.15) is 0 Å². The molecule has 0 fully saturated rings. The summed E-state index contributed by atoms with van der Waals surface area (Å²) in [5, 5.41) is 3.54. The predicted octanol–water partition coefficient (Wildman–Crippen LogP) is 1.66. The first-order valence-corrected chi connectivity index (χ1v) is 8.49. The summed E-state index contributed by atoms with van der Waals surface area (Å²) >= 11 is 0. The molecule has 1 aromatic heterocycles. The number of aromatic nitrogens is 1. The van der Waals surface area contributed by atoms with Gasteiger partial charge in [0, 0.05) is 35.5 Å². The molecule has 0 unspecified atom stereocenters. The molecule has 7 nitrogen and oxygen atoms in total. The van der Waals surface area contributed by atoms with Crippen LogP contribution in [0.4, 0.5) is 0 Å². The number of rotatable bonds is 7. The maximum Gasteiger partial charge on any atom is 0.311 e. The van der Waals surface area contributed by atoms with Crippen LogP contribution in [0.25, 0.3) is 10.9 Å². The van der Waals surface area contributed by atoms with Crippen molar-refractivity contribution in [3.63, 3.8) is 0 Å². The topological polar surface area (TPSA) is 114 Å². The Kier molecular flexibility index (Phi) is 6.02. The van der Waals surface area contributed by atoms with E-state index in [0.717, 1.165) is 16.5 Å². The third kappa shape index (κ3) is 5.08. The Hall–Kier alpha value is -2.83. The summed E-state index contributed by atoms with van der Waals surface area (Å²) in [5.74, 6) is -1.43. The number of benzene rings is 1. The Morgan fingerprint density at radius 2 is 1.92 bits per heavy atom. The number of hydrogen-bond donors (Lipinski definition) is 3. The molecule has 0 aliphatic heterocycles. The number of carbonyl (C=O) groups excluding carboxylic acids is 3. The second-order valence-corrected chi connectivity index (χ2v) is 7.28. The summed E-state index contributed by atoms with van der Waals surface area (Å²) in [5.41, 5.74) is 6.22. The van der Waals surface area contributed by atoms with Crippen LogP contribution in [0, 0.1) is 5.41 Å². The molecule has 1 heterocycles. The lowest BCUT2D eigenvalue weighted by atomic mass is 9.88. The highest BCUT2D eigenvalue weighted by atomic mass is 16.5. The molecule has 7 heteroatoms. The Balaban J connectivity index is 2.04. The molecule has 4 N–H and O–H groups in total. The van der Waals surface area contributed by atoms with Gasteiger partial charge in [-0.3, -0.25) is 14.4 Å². The largest absolute Gasteiger partial charge is 0.451 e. The van der Waals surface area contributed by atoms with Gasteiger partial charge in [-0.1, -0.05) is 39.0 Å². The zero-order valence-electron chi connectivity index (χ0n) is 15.3. The number of hydrogen-bond acceptors (Lipinski definition) is 4. The second kappa shape index (κ2) is 8.03. The van der Waals surface area contributed by atoms with Crippen LogP contribution in [0.15, 0.2) is 30.5 Å². The number of ether oxygens (including phenoxy) is 1. The molecule has 2 rings (SSSR count). The summed E-state index contributed by atoms with van der Waals surface area (Å²) in [6, 6.07) is 7.66. The fourth-order valence-corrected chi connectivity index (χ4v) is 2.63. The minimum Gasteiger partial charge on any atom is -0.451 e. The van der Waals surface area contributed by atoms with Crippen molar-refractivity contribution in [2.75, 3.05) is 6.54 Å². The molecule has 0 aliphatic carbocycles. The summed E-state index contributed by atoms with van der Waals surface area (Å²) in [6.45, 7) is 5.54. The molecule has 0 radical (unpaired) electrons. The quantitative estimate of drug-likeness (QED) is 0.652. The first-order valence-electron chi connectivity index (χ1n) is 8.49. The van der Waals surface area contributed by atoms with Crippen LogP contribution in [0.2, 0.25) is 0 Å². The van der Waals surface area contributed by atoms with Crippen LogP contribution >= 0.6 is 0 Å². The third-order valence-corrected chi connectivity index (χ3v) is 3.95. The summed E-state index contributed by atoms with van der Waals surface area (Å²) in [4.78, 5) is 38.7. The van der Waals surface area contributed by atoms with Crippen LogP contribution in [0.5, 0.6) is 0 Å². The Bertz CT molecular complexity index is 804. The van der Waals surface area contributed by atoms with E-state index >= 15 is 0 Å². The number of esters is 1. The van der Waals surface area contributed by atoms with Crippen molar-refractivity contribution in [2.24, 2.45) is 11.1 Å². The zero-order chi connectivity index (χ0) is 19.3. The van der Waals surface area contributed by atoms with E-state index < -0.39 is 29.3 Å². The monoisotopic (exact) mass is 359 g/mol. The zero-order valence-corrected chi connectivity index (χ0v) is 15.3. The second-order valence-electron chi connectivity index (χ2n) is 7.28. The minimum atomic E-state index is -0.965. The van der Waals surface area contributed by atoms with Gasteiger partial charge in [0.2, 0.25) is 5.91 Å². The van der Waals surface area contributed by atoms with Crippen molar-refractivity contribution < 1.29 is 19.1 Å². The summed E-state index contributed by atoms with van der Waals surface area (Å²) < 4.78 is 5.48. The molecule has 1 aromatic carbocycles. The van der Waals surface area contributed by atoms with E-state index in [4.69, 9.17) is 10.5 Å². The van der Waals surface area contributed by atoms with Gasteiger partial charge in [0.05, 0.1) is 6.42 Å². The first kappa shape index (κ1) is 19.5. The van der Waals surface area contributed by atoms with Crippen LogP contribution in [0.1, 0.15) is 32.8 Å². The molecule has 1 atom stereocenters. The Labute approximate surface area is 152 Å². The number of H-pyrrole nitrogens is 1. The van der Waals surface area contributed by atoms with Gasteiger partial charge < -0.3 is 20.8 Å². The molecule has 0 saturated carbocycles. The van der Waals surface area contributed by atoms with Gasteiger partial charge in [-0.15, -0.1) is 0 Å². The lowest BCUT2D eigenvalue weighted by Crippen LogP contribution is -2.46. The van der Waals surface area contributed by atoms with Gasteiger partial charge in [0.15, 0.2) is 6.10 Å². The predicted molar refractivity (Wildman–Crippen MR) is 98.2 cm³/mol. The van der Waals surface area contributed by atoms with Gasteiger partial charge in [-0.05, 0) is 11.6 Å². The highest BCUT2D eigenvalue weighted by molar-refractivity contribution is 5.89. The average Bonchev–Trinajstić information content (AvgIpc) is 2.94. The molecule has 0 spiro atoms. The standard InChI is InChI=1S/C19H25N3O4/c1-19(2,3)17(18(25)21-9-8-15(20)23)26-16(24)10-12-11-22-14-7-5-4-6-13(12)14/h4-7,11,17,22H,8-10H2,1-3H3,(H2,20,23)(H,21,25)/t17-/m0/s1. The number of carbonyl (C=O) groups is 3. The molecule has 26 heavy (non-hydrogen) atoms. The van der Waals surface area contributed by atoms with Crippen molar-refractivity contribution in [1.82, 2.24) is 10.3 Å². The maximum absolute atomic E-state index is 12.4. The lowest BCUT2D eigenvalue weighted by Gasteiger charge is -2.29. The van der Waals surface area contributed by atoms with E-state index in [-0.39, 0.29) is 19.4 Å². The lowest BCUT2D eigenvalue weighted by molar-refractivity contribution is -0.162. The van der Waals surface area contributed by atoms with E-state index in [1.165, 1.54) is 0 Å². The van der Waals surface area contributed by atoms with Gasteiger partial charge in [0.1, 0.15) is 0 Å². The summed E-state index contributed by atoms with van der Waals surface area (Å²) in [7, 11) is 0. The van der Waals surface area contributed by atoms with E-state index in [0.29, 0.717) is 0 Å². The Morgan fingerprint density at radius 3 is 2.58 bits per heavy atom. The molecular weight excluding hydrogens is 334 g/mol. The number of amides is 2. The van der Waals surface area contributed by atoms with Gasteiger partial charge >= 0.3 is 5.97 Å². The number of primary amides is 1. The van der Waals surface area contributed by atoms with E-state index in [1.54, 1.807) is 6.20 Å². The van der Waals surface area contributed by atoms with E-state index in [9.17, 15) is 14.4 Å². The van der Waals surface area contributed by atoms with E-state index in [2.05, 4.69) is 10.3 Å². The molecular formula is C19H25N3O4. The third-order valence-electron chi connectivity index (χ3n) is 3.95. The number of para-hydroxylation sites is 1.